The molecule has 6 rings (SSSR count). The zero-order valence-electron chi connectivity index (χ0n) is 15.0. The summed E-state index contributed by atoms with van der Waals surface area (Å²) in [6.45, 7) is 1.91. The van der Waals surface area contributed by atoms with E-state index in [9.17, 15) is 9.59 Å². The number of carbonyl (C=O) groups excluding carboxylic acids is 2. The molecule has 5 heteroatoms. The Kier molecular flexibility index (Phi) is 2.56. The van der Waals surface area contributed by atoms with Gasteiger partial charge in [-0.3, -0.25) is 14.6 Å². The molecule has 5 aliphatic rings. The minimum absolute atomic E-state index is 0.0497. The Balaban J connectivity index is 1.87. The monoisotopic (exact) mass is 353 g/mol. The lowest BCUT2D eigenvalue weighted by atomic mass is 9.87. The van der Waals surface area contributed by atoms with Gasteiger partial charge in [0.05, 0.1) is 22.3 Å². The number of hydrogen-bond acceptors (Lipinski definition) is 4. The molecule has 0 fully saturated rings. The van der Waals surface area contributed by atoms with Crippen LogP contribution in [0.5, 0.6) is 0 Å². The van der Waals surface area contributed by atoms with Gasteiger partial charge in [-0.25, -0.2) is 4.99 Å². The van der Waals surface area contributed by atoms with Crippen LogP contribution in [0, 0.1) is 0 Å². The minimum atomic E-state index is -0.0497. The number of amides is 1. The van der Waals surface area contributed by atoms with Gasteiger partial charge < -0.3 is 4.90 Å². The fourth-order valence-electron chi connectivity index (χ4n) is 4.72. The van der Waals surface area contributed by atoms with Crippen LogP contribution in [-0.2, 0) is 4.79 Å². The number of ketones is 1. The smallest absolute Gasteiger partial charge is 0.258 e. The number of nitrogens with zero attached hydrogens (tertiary/aromatic N) is 3. The van der Waals surface area contributed by atoms with Crippen LogP contribution in [0.1, 0.15) is 35.7 Å². The molecule has 3 aliphatic heterocycles. The highest BCUT2D eigenvalue weighted by Gasteiger charge is 2.34. The SMILES string of the molecule is CC1=CC(=O)CC2=C1N=c1c2c2c(c3c1=CCC1=CC=NC=31)=CN(C)C2=O. The van der Waals surface area contributed by atoms with Crippen molar-refractivity contribution in [2.75, 3.05) is 7.05 Å². The lowest BCUT2D eigenvalue weighted by molar-refractivity contribution is -0.113. The Morgan fingerprint density at radius 3 is 2.81 bits per heavy atom. The van der Waals surface area contributed by atoms with E-state index in [0.29, 0.717) is 12.0 Å². The molecular weight excluding hydrogens is 338 g/mol. The van der Waals surface area contributed by atoms with Gasteiger partial charge in [-0.15, -0.1) is 0 Å². The van der Waals surface area contributed by atoms with Gasteiger partial charge in [0, 0.05) is 47.1 Å². The predicted molar refractivity (Wildman–Crippen MR) is 102 cm³/mol. The van der Waals surface area contributed by atoms with Crippen LogP contribution >= 0.6 is 0 Å². The van der Waals surface area contributed by atoms with Crippen LogP contribution in [0.4, 0.5) is 0 Å². The second kappa shape index (κ2) is 4.68. The molecule has 3 heterocycles. The van der Waals surface area contributed by atoms with Gasteiger partial charge in [0.1, 0.15) is 0 Å². The predicted octanol–water partition coefficient (Wildman–Crippen LogP) is 0.0768. The maximum atomic E-state index is 13.0. The van der Waals surface area contributed by atoms with E-state index < -0.39 is 0 Å². The van der Waals surface area contributed by atoms with E-state index in [1.165, 1.54) is 5.57 Å². The topological polar surface area (TPSA) is 62.1 Å². The molecule has 0 bridgehead atoms. The third-order valence-electron chi connectivity index (χ3n) is 5.87. The Bertz CT molecular complexity index is 1420. The fourth-order valence-corrected chi connectivity index (χ4v) is 4.72. The van der Waals surface area contributed by atoms with E-state index in [0.717, 1.165) is 55.5 Å². The highest BCUT2D eigenvalue weighted by atomic mass is 16.2. The molecular formula is C22H15N3O2. The number of hydrogen-bond donors (Lipinski definition) is 0. The van der Waals surface area contributed by atoms with E-state index in [-0.39, 0.29) is 11.7 Å². The Morgan fingerprint density at radius 1 is 1.11 bits per heavy atom. The van der Waals surface area contributed by atoms with Crippen LogP contribution in [0.3, 0.4) is 0 Å². The molecule has 0 saturated heterocycles. The zero-order chi connectivity index (χ0) is 18.4. The second-order valence-electron chi connectivity index (χ2n) is 7.48. The summed E-state index contributed by atoms with van der Waals surface area (Å²) in [5.41, 5.74) is 6.21. The molecule has 1 aromatic carbocycles. The minimum Gasteiger partial charge on any atom is -0.317 e. The molecule has 0 saturated carbocycles. The normalized spacial score (nSPS) is 21.0. The largest absolute Gasteiger partial charge is 0.317 e. The summed E-state index contributed by atoms with van der Waals surface area (Å²) >= 11 is 0. The molecule has 5 nitrogen and oxygen atoms in total. The first kappa shape index (κ1) is 14.8. The van der Waals surface area contributed by atoms with Gasteiger partial charge >= 0.3 is 0 Å². The summed E-state index contributed by atoms with van der Waals surface area (Å²) in [6.07, 6.45) is 10.7. The van der Waals surface area contributed by atoms with Crippen molar-refractivity contribution in [3.05, 3.63) is 61.1 Å². The summed E-state index contributed by atoms with van der Waals surface area (Å²) < 4.78 is 0. The molecule has 0 atom stereocenters. The second-order valence-corrected chi connectivity index (χ2v) is 7.48. The van der Waals surface area contributed by atoms with E-state index in [1.807, 2.05) is 25.4 Å². The Labute approximate surface area is 154 Å². The number of benzene rings is 1. The van der Waals surface area contributed by atoms with Gasteiger partial charge in [0.2, 0.25) is 0 Å². The number of allylic oxidation sites excluding steroid dienone is 4. The Hall–Kier alpha value is -3.34. The quantitative estimate of drug-likeness (QED) is 0.663. The summed E-state index contributed by atoms with van der Waals surface area (Å²) in [6, 6.07) is 0. The van der Waals surface area contributed by atoms with E-state index in [2.05, 4.69) is 11.1 Å². The van der Waals surface area contributed by atoms with E-state index >= 15 is 0 Å². The lowest BCUT2D eigenvalue weighted by Crippen LogP contribution is -2.53. The average Bonchev–Trinajstić information content (AvgIpc) is 3.31. The van der Waals surface area contributed by atoms with Gasteiger partial charge in [0.15, 0.2) is 5.78 Å². The summed E-state index contributed by atoms with van der Waals surface area (Å²) in [5.74, 6) is 0.0128. The summed E-state index contributed by atoms with van der Waals surface area (Å²) in [5, 5.41) is 3.74. The first-order chi connectivity index (χ1) is 13.0. The standard InChI is InChI=1S/C22H15N3O2/c1-10-7-12(26)8-14-17-18-15(9-25(2)22(18)27)16-13(21(17)24-19(10)14)4-3-11-5-6-23-20(11)16/h4-7,9H,3,8H2,1-2H3. The maximum Gasteiger partial charge on any atom is 0.258 e. The molecule has 130 valence electrons. The fraction of sp³-hybridized carbons (Fsp3) is 0.182. The van der Waals surface area contributed by atoms with Crippen molar-refractivity contribution in [2.45, 2.75) is 19.8 Å². The van der Waals surface area contributed by atoms with Crippen LogP contribution in [-0.4, -0.2) is 29.9 Å². The molecule has 1 aromatic rings. The Morgan fingerprint density at radius 2 is 1.96 bits per heavy atom. The highest BCUT2D eigenvalue weighted by molar-refractivity contribution is 6.09. The van der Waals surface area contributed by atoms with Crippen molar-refractivity contribution < 1.29 is 9.59 Å². The molecule has 0 radical (unpaired) electrons. The molecule has 2 aliphatic carbocycles. The average molecular weight is 353 g/mol. The number of rotatable bonds is 0. The van der Waals surface area contributed by atoms with Crippen LogP contribution in [0.25, 0.3) is 23.5 Å². The highest BCUT2D eigenvalue weighted by Crippen LogP contribution is 2.35. The van der Waals surface area contributed by atoms with Crippen molar-refractivity contribution >= 4 is 41.5 Å². The molecule has 0 spiro atoms. The number of fused-ring (bicyclic) bond motifs is 8. The third kappa shape index (κ3) is 1.69. The van der Waals surface area contributed by atoms with Crippen molar-refractivity contribution in [3.63, 3.8) is 0 Å². The van der Waals surface area contributed by atoms with Gasteiger partial charge in [-0.1, -0.05) is 6.08 Å². The molecule has 0 aromatic heterocycles. The van der Waals surface area contributed by atoms with Crippen molar-refractivity contribution in [3.8, 4) is 0 Å². The van der Waals surface area contributed by atoms with Gasteiger partial charge in [-0.2, -0.15) is 0 Å². The lowest BCUT2D eigenvalue weighted by Gasteiger charge is -2.15. The summed E-state index contributed by atoms with van der Waals surface area (Å²) in [7, 11) is 1.77. The van der Waals surface area contributed by atoms with Gasteiger partial charge in [-0.05, 0) is 42.2 Å². The van der Waals surface area contributed by atoms with Crippen LogP contribution < -0.4 is 21.0 Å². The van der Waals surface area contributed by atoms with Crippen molar-refractivity contribution in [1.29, 1.82) is 0 Å². The van der Waals surface area contributed by atoms with Gasteiger partial charge in [0.25, 0.3) is 5.91 Å². The number of aliphatic imine (C=N–C) groups is 1. The maximum absolute atomic E-state index is 13.0. The first-order valence-corrected chi connectivity index (χ1v) is 9.01. The molecule has 27 heavy (non-hydrogen) atoms. The van der Waals surface area contributed by atoms with E-state index in [4.69, 9.17) is 4.99 Å². The number of carbonyl (C=O) groups is 2. The molecule has 0 N–H and O–H groups in total. The van der Waals surface area contributed by atoms with Crippen LogP contribution in [0.2, 0.25) is 0 Å². The van der Waals surface area contributed by atoms with Crippen molar-refractivity contribution in [2.24, 2.45) is 9.98 Å². The molecule has 0 unspecified atom stereocenters. The molecule has 1 amide bonds. The summed E-state index contributed by atoms with van der Waals surface area (Å²) in [4.78, 5) is 36.4. The first-order valence-electron chi connectivity index (χ1n) is 9.01. The zero-order valence-corrected chi connectivity index (χ0v) is 15.0. The van der Waals surface area contributed by atoms with Crippen molar-refractivity contribution in [1.82, 2.24) is 4.90 Å². The van der Waals surface area contributed by atoms with E-state index in [1.54, 1.807) is 18.0 Å². The third-order valence-corrected chi connectivity index (χ3v) is 5.87. The van der Waals surface area contributed by atoms with Crippen LogP contribution in [0.15, 0.2) is 39.0 Å².